The van der Waals surface area contributed by atoms with E-state index in [1.165, 1.54) is 6.20 Å². The summed E-state index contributed by atoms with van der Waals surface area (Å²) in [5, 5.41) is 3.17. The van der Waals surface area contributed by atoms with Gasteiger partial charge in [-0.1, -0.05) is 18.2 Å². The summed E-state index contributed by atoms with van der Waals surface area (Å²) in [7, 11) is -2.39. The standard InChI is InChI=1S/C23H21F3N2O4S2/c1-32-18-9-7-16(8-10-18)14-21(29)28-20-6-3-11-27-22(20)33-12-13-34(30,31)19-5-2-4-17(15-19)23(24,25)26/h2-11,15H,12-14H2,1H3,(H,28,29). The summed E-state index contributed by atoms with van der Waals surface area (Å²) in [5.41, 5.74) is 0.180. The van der Waals surface area contributed by atoms with Crippen molar-refractivity contribution in [2.75, 3.05) is 23.9 Å². The van der Waals surface area contributed by atoms with Gasteiger partial charge in [0.15, 0.2) is 9.84 Å². The number of methoxy groups -OCH3 is 1. The Morgan fingerprint density at radius 2 is 1.82 bits per heavy atom. The maximum Gasteiger partial charge on any atom is 0.416 e. The van der Waals surface area contributed by atoms with Gasteiger partial charge < -0.3 is 10.1 Å². The number of halogens is 3. The summed E-state index contributed by atoms with van der Waals surface area (Å²) in [6.07, 6.45) is -3.01. The topological polar surface area (TPSA) is 85.4 Å². The minimum atomic E-state index is -4.63. The molecule has 0 atom stereocenters. The van der Waals surface area contributed by atoms with Gasteiger partial charge in [-0.15, -0.1) is 11.8 Å². The maximum absolute atomic E-state index is 12.9. The molecular formula is C23H21F3N2O4S2. The van der Waals surface area contributed by atoms with E-state index in [1.807, 2.05) is 0 Å². The number of anilines is 1. The fourth-order valence-corrected chi connectivity index (χ4v) is 5.60. The van der Waals surface area contributed by atoms with E-state index in [9.17, 15) is 26.4 Å². The molecule has 0 spiro atoms. The maximum atomic E-state index is 12.9. The molecule has 11 heteroatoms. The van der Waals surface area contributed by atoms with Crippen LogP contribution in [0.3, 0.4) is 0 Å². The van der Waals surface area contributed by atoms with Crippen molar-refractivity contribution in [3.63, 3.8) is 0 Å². The molecule has 34 heavy (non-hydrogen) atoms. The summed E-state index contributed by atoms with van der Waals surface area (Å²) >= 11 is 1.09. The first-order valence-corrected chi connectivity index (χ1v) is 12.6. The lowest BCUT2D eigenvalue weighted by Crippen LogP contribution is -2.15. The summed E-state index contributed by atoms with van der Waals surface area (Å²) in [5.74, 6) is 0.0398. The highest BCUT2D eigenvalue weighted by atomic mass is 32.2. The number of ether oxygens (including phenoxy) is 1. The van der Waals surface area contributed by atoms with Crippen LogP contribution in [-0.2, 0) is 27.2 Å². The van der Waals surface area contributed by atoms with E-state index in [4.69, 9.17) is 4.74 Å². The zero-order valence-corrected chi connectivity index (χ0v) is 19.6. The van der Waals surface area contributed by atoms with Crippen molar-refractivity contribution in [2.45, 2.75) is 22.5 Å². The molecule has 0 aliphatic heterocycles. The molecule has 0 bridgehead atoms. The third-order valence-electron chi connectivity index (χ3n) is 4.68. The molecule has 3 aromatic rings. The van der Waals surface area contributed by atoms with Crippen LogP contribution in [0.25, 0.3) is 0 Å². The lowest BCUT2D eigenvalue weighted by atomic mass is 10.1. The zero-order chi connectivity index (χ0) is 24.8. The third kappa shape index (κ3) is 6.97. The number of alkyl halides is 3. The number of pyridine rings is 1. The van der Waals surface area contributed by atoms with Crippen molar-refractivity contribution in [2.24, 2.45) is 0 Å². The Morgan fingerprint density at radius 3 is 2.50 bits per heavy atom. The lowest BCUT2D eigenvalue weighted by molar-refractivity contribution is -0.137. The zero-order valence-electron chi connectivity index (χ0n) is 18.0. The van der Waals surface area contributed by atoms with Gasteiger partial charge in [0, 0.05) is 11.9 Å². The number of carbonyl (C=O) groups is 1. The fourth-order valence-electron chi connectivity index (χ4n) is 2.96. The minimum Gasteiger partial charge on any atom is -0.497 e. The second-order valence-electron chi connectivity index (χ2n) is 7.12. The molecule has 3 rings (SSSR count). The molecule has 1 N–H and O–H groups in total. The van der Waals surface area contributed by atoms with Crippen molar-refractivity contribution < 1.29 is 31.1 Å². The van der Waals surface area contributed by atoms with Gasteiger partial charge in [-0.3, -0.25) is 4.79 Å². The van der Waals surface area contributed by atoms with Gasteiger partial charge in [0.1, 0.15) is 10.8 Å². The fraction of sp³-hybridized carbons (Fsp3) is 0.217. The summed E-state index contributed by atoms with van der Waals surface area (Å²) in [6.45, 7) is 0. The number of nitrogens with zero attached hydrogens (tertiary/aromatic N) is 1. The van der Waals surface area contributed by atoms with Gasteiger partial charge in [0.2, 0.25) is 5.91 Å². The van der Waals surface area contributed by atoms with Gasteiger partial charge in [0.05, 0.1) is 35.4 Å². The Hall–Kier alpha value is -3.05. The number of carbonyl (C=O) groups excluding carboxylic acids is 1. The summed E-state index contributed by atoms with van der Waals surface area (Å²) in [6, 6.07) is 14.0. The van der Waals surface area contributed by atoms with Crippen molar-refractivity contribution in [3.05, 3.63) is 78.0 Å². The molecule has 1 heterocycles. The van der Waals surface area contributed by atoms with Crippen LogP contribution >= 0.6 is 11.8 Å². The van der Waals surface area contributed by atoms with Crippen molar-refractivity contribution >= 4 is 33.2 Å². The van der Waals surface area contributed by atoms with Crippen molar-refractivity contribution in [1.29, 1.82) is 0 Å². The van der Waals surface area contributed by atoms with Gasteiger partial charge in [0.25, 0.3) is 0 Å². The average Bonchev–Trinajstić information content (AvgIpc) is 2.80. The highest BCUT2D eigenvalue weighted by Crippen LogP contribution is 2.31. The Morgan fingerprint density at radius 1 is 1.09 bits per heavy atom. The van der Waals surface area contributed by atoms with Crippen LogP contribution < -0.4 is 10.1 Å². The van der Waals surface area contributed by atoms with Crippen LogP contribution in [0, 0.1) is 0 Å². The van der Waals surface area contributed by atoms with E-state index in [0.29, 0.717) is 22.5 Å². The second-order valence-corrected chi connectivity index (χ2v) is 10.3. The highest BCUT2D eigenvalue weighted by Gasteiger charge is 2.31. The van der Waals surface area contributed by atoms with Gasteiger partial charge in [-0.2, -0.15) is 13.2 Å². The quantitative estimate of drug-likeness (QED) is 0.414. The van der Waals surface area contributed by atoms with Crippen LogP contribution in [0.1, 0.15) is 11.1 Å². The van der Waals surface area contributed by atoms with Crippen molar-refractivity contribution in [3.8, 4) is 5.75 Å². The van der Waals surface area contributed by atoms with E-state index in [0.717, 1.165) is 35.5 Å². The third-order valence-corrected chi connectivity index (χ3v) is 7.66. The largest absolute Gasteiger partial charge is 0.497 e. The number of hydrogen-bond donors (Lipinski definition) is 1. The predicted molar refractivity (Wildman–Crippen MR) is 124 cm³/mol. The van der Waals surface area contributed by atoms with Crippen LogP contribution in [0.4, 0.5) is 18.9 Å². The molecule has 0 radical (unpaired) electrons. The monoisotopic (exact) mass is 510 g/mol. The number of amides is 1. The minimum absolute atomic E-state index is 0.0386. The first-order valence-electron chi connectivity index (χ1n) is 9.99. The smallest absolute Gasteiger partial charge is 0.416 e. The summed E-state index contributed by atoms with van der Waals surface area (Å²) in [4.78, 5) is 16.2. The van der Waals surface area contributed by atoms with E-state index in [1.54, 1.807) is 43.5 Å². The molecule has 0 saturated carbocycles. The van der Waals surface area contributed by atoms with Gasteiger partial charge in [-0.05, 0) is 48.0 Å². The number of rotatable bonds is 9. The number of aromatic nitrogens is 1. The van der Waals surface area contributed by atoms with Crippen LogP contribution in [0.2, 0.25) is 0 Å². The van der Waals surface area contributed by atoms with E-state index < -0.39 is 32.2 Å². The van der Waals surface area contributed by atoms with E-state index in [2.05, 4.69) is 10.3 Å². The van der Waals surface area contributed by atoms with E-state index >= 15 is 0 Å². The van der Waals surface area contributed by atoms with Gasteiger partial charge >= 0.3 is 6.18 Å². The Labute approximate surface area is 199 Å². The normalized spacial score (nSPS) is 11.8. The van der Waals surface area contributed by atoms with Crippen LogP contribution in [-0.4, -0.2) is 37.9 Å². The number of benzene rings is 2. The SMILES string of the molecule is COc1ccc(CC(=O)Nc2cccnc2SCCS(=O)(=O)c2cccc(C(F)(F)F)c2)cc1. The number of nitrogens with one attached hydrogen (secondary N) is 1. The molecule has 2 aromatic carbocycles. The number of hydrogen-bond acceptors (Lipinski definition) is 6. The van der Waals surface area contributed by atoms with Gasteiger partial charge in [-0.25, -0.2) is 13.4 Å². The first-order chi connectivity index (χ1) is 16.1. The Kier molecular flexibility index (Phi) is 8.21. The lowest BCUT2D eigenvalue weighted by Gasteiger charge is -2.11. The predicted octanol–water partition coefficient (Wildman–Crippen LogP) is 4.86. The van der Waals surface area contributed by atoms with Crippen LogP contribution in [0.15, 0.2) is 76.8 Å². The molecule has 1 aromatic heterocycles. The van der Waals surface area contributed by atoms with E-state index in [-0.39, 0.29) is 18.1 Å². The molecule has 0 fully saturated rings. The molecule has 0 aliphatic rings. The number of sulfone groups is 1. The molecule has 1 amide bonds. The molecule has 6 nitrogen and oxygen atoms in total. The molecule has 0 saturated heterocycles. The Balaban J connectivity index is 1.62. The second kappa shape index (κ2) is 10.9. The summed E-state index contributed by atoms with van der Waals surface area (Å²) < 4.78 is 68.9. The molecule has 0 unspecified atom stereocenters. The molecular weight excluding hydrogens is 489 g/mol. The molecule has 180 valence electrons. The molecule has 0 aliphatic carbocycles. The van der Waals surface area contributed by atoms with Crippen molar-refractivity contribution in [1.82, 2.24) is 4.98 Å². The average molecular weight is 511 g/mol. The Bertz CT molecular complexity index is 1250. The first kappa shape index (κ1) is 25.6. The van der Waals surface area contributed by atoms with Crippen LogP contribution in [0.5, 0.6) is 5.75 Å². The highest BCUT2D eigenvalue weighted by molar-refractivity contribution is 8.00. The number of thioether (sulfide) groups is 1.